The minimum Gasteiger partial charge on any atom is -0.454 e. The largest absolute Gasteiger partial charge is 0.454 e. The molecule has 6 atom stereocenters. The second-order valence-electron chi connectivity index (χ2n) is 10.1. The lowest BCUT2D eigenvalue weighted by Crippen LogP contribution is -2.44. The van der Waals surface area contributed by atoms with E-state index in [1.807, 2.05) is 24.3 Å². The van der Waals surface area contributed by atoms with Gasteiger partial charge in [0.05, 0.1) is 11.8 Å². The first kappa shape index (κ1) is 23.8. The van der Waals surface area contributed by atoms with Gasteiger partial charge in [0.15, 0.2) is 0 Å². The highest BCUT2D eigenvalue weighted by Crippen LogP contribution is 2.50. The summed E-state index contributed by atoms with van der Waals surface area (Å²) in [6.07, 6.45) is 22.0. The molecule has 2 bridgehead atoms. The van der Waals surface area contributed by atoms with Crippen molar-refractivity contribution in [3.8, 4) is 0 Å². The van der Waals surface area contributed by atoms with Gasteiger partial charge in [-0.1, -0.05) is 75.3 Å². The molecule has 4 rings (SSSR count). The van der Waals surface area contributed by atoms with Crippen LogP contribution < -0.4 is 0 Å². The topological polar surface area (TPSA) is 52.6 Å². The molecular formula is C29H38O4. The third-order valence-electron chi connectivity index (χ3n) is 8.23. The van der Waals surface area contributed by atoms with Gasteiger partial charge >= 0.3 is 11.9 Å². The number of hydrogen-bond donors (Lipinski definition) is 0. The highest BCUT2D eigenvalue weighted by Gasteiger charge is 2.55. The zero-order valence-corrected chi connectivity index (χ0v) is 20.5. The van der Waals surface area contributed by atoms with E-state index in [0.717, 1.165) is 32.1 Å². The van der Waals surface area contributed by atoms with Gasteiger partial charge in [0.1, 0.15) is 11.2 Å². The summed E-state index contributed by atoms with van der Waals surface area (Å²) in [6, 6.07) is 0. The Morgan fingerprint density at radius 3 is 1.58 bits per heavy atom. The molecule has 4 nitrogen and oxygen atoms in total. The zero-order chi connectivity index (χ0) is 23.6. The molecular weight excluding hydrogens is 412 g/mol. The molecule has 4 heteroatoms. The lowest BCUT2D eigenvalue weighted by atomic mass is 9.81. The maximum absolute atomic E-state index is 13.6. The van der Waals surface area contributed by atoms with Crippen LogP contribution in [0.3, 0.4) is 0 Å². The number of fused-ring (bicyclic) bond motifs is 2. The summed E-state index contributed by atoms with van der Waals surface area (Å²) in [5.41, 5.74) is 1.33. The van der Waals surface area contributed by atoms with Crippen molar-refractivity contribution in [2.45, 2.75) is 83.8 Å². The lowest BCUT2D eigenvalue weighted by molar-refractivity contribution is -0.174. The number of carbonyl (C=O) groups is 2. The standard InChI is InChI=1S/C29H38O4/c1-5-20-11-9-15-28(7-3,18-20)32-26(30)24-22-13-14-23(17-22)25(24)27(31)33-29(8-4)16-10-12-21(6-2)19-29/h9-16,22-25H,5-8,17-19H2,1-4H3. The summed E-state index contributed by atoms with van der Waals surface area (Å²) in [4.78, 5) is 27.2. The van der Waals surface area contributed by atoms with Crippen LogP contribution in [0.2, 0.25) is 0 Å². The van der Waals surface area contributed by atoms with Crippen molar-refractivity contribution in [2.24, 2.45) is 23.7 Å². The van der Waals surface area contributed by atoms with Crippen molar-refractivity contribution in [1.82, 2.24) is 0 Å². The van der Waals surface area contributed by atoms with E-state index in [0.29, 0.717) is 12.8 Å². The molecule has 0 heterocycles. The van der Waals surface area contributed by atoms with Crippen LogP contribution >= 0.6 is 0 Å². The highest BCUT2D eigenvalue weighted by atomic mass is 16.6. The predicted octanol–water partition coefficient (Wildman–Crippen LogP) is 6.40. The number of carbonyl (C=O) groups excluding carboxylic acids is 2. The average molecular weight is 451 g/mol. The third-order valence-corrected chi connectivity index (χ3v) is 8.23. The lowest BCUT2D eigenvalue weighted by Gasteiger charge is -2.37. The van der Waals surface area contributed by atoms with Crippen LogP contribution in [-0.2, 0) is 19.1 Å². The molecule has 0 aromatic heterocycles. The summed E-state index contributed by atoms with van der Waals surface area (Å²) < 4.78 is 12.4. The summed E-state index contributed by atoms with van der Waals surface area (Å²) >= 11 is 0. The molecule has 0 radical (unpaired) electrons. The Morgan fingerprint density at radius 2 is 1.21 bits per heavy atom. The molecule has 4 aliphatic rings. The summed E-state index contributed by atoms with van der Waals surface area (Å²) in [6.45, 7) is 8.37. The van der Waals surface area contributed by atoms with E-state index in [4.69, 9.17) is 9.47 Å². The fraction of sp³-hybridized carbons (Fsp3) is 0.586. The van der Waals surface area contributed by atoms with Gasteiger partial charge in [-0.05, 0) is 56.1 Å². The van der Waals surface area contributed by atoms with E-state index in [9.17, 15) is 9.59 Å². The van der Waals surface area contributed by atoms with E-state index in [1.54, 1.807) is 0 Å². The van der Waals surface area contributed by atoms with Crippen molar-refractivity contribution < 1.29 is 19.1 Å². The second-order valence-corrected chi connectivity index (χ2v) is 10.1. The summed E-state index contributed by atoms with van der Waals surface area (Å²) in [7, 11) is 0. The Labute approximate surface area is 198 Å². The quantitative estimate of drug-likeness (QED) is 0.317. The van der Waals surface area contributed by atoms with Gasteiger partial charge in [0.2, 0.25) is 0 Å². The number of allylic oxidation sites excluding steroid dienone is 6. The number of rotatable bonds is 8. The Hall–Kier alpha value is -2.36. The van der Waals surface area contributed by atoms with Crippen LogP contribution in [0.1, 0.15) is 72.6 Å². The van der Waals surface area contributed by atoms with E-state index >= 15 is 0 Å². The van der Waals surface area contributed by atoms with Crippen LogP contribution in [0.25, 0.3) is 0 Å². The first-order valence-electron chi connectivity index (χ1n) is 12.8. The Morgan fingerprint density at radius 1 is 0.788 bits per heavy atom. The van der Waals surface area contributed by atoms with E-state index in [1.165, 1.54) is 11.1 Å². The maximum atomic E-state index is 13.6. The van der Waals surface area contributed by atoms with Crippen LogP contribution in [0.4, 0.5) is 0 Å². The zero-order valence-electron chi connectivity index (χ0n) is 20.5. The van der Waals surface area contributed by atoms with Gasteiger partial charge in [-0.2, -0.15) is 0 Å². The Balaban J connectivity index is 1.52. The van der Waals surface area contributed by atoms with E-state index < -0.39 is 23.0 Å². The molecule has 0 saturated heterocycles. The minimum absolute atomic E-state index is 0.0493. The van der Waals surface area contributed by atoms with Crippen molar-refractivity contribution in [3.05, 3.63) is 59.8 Å². The smallest absolute Gasteiger partial charge is 0.311 e. The molecule has 1 fully saturated rings. The monoisotopic (exact) mass is 450 g/mol. The van der Waals surface area contributed by atoms with Crippen molar-refractivity contribution in [3.63, 3.8) is 0 Å². The van der Waals surface area contributed by atoms with Crippen molar-refractivity contribution in [2.75, 3.05) is 0 Å². The molecule has 33 heavy (non-hydrogen) atoms. The maximum Gasteiger partial charge on any atom is 0.311 e. The minimum atomic E-state index is -0.616. The van der Waals surface area contributed by atoms with Gasteiger partial charge in [0, 0.05) is 12.8 Å². The SMILES string of the molecule is CCC1=CC=CC(CC)(OC(=O)C2C3C=CC(C3)C2C(=O)OC2(CC)C=CC=C(CC)C2)C1. The Kier molecular flexibility index (Phi) is 6.83. The van der Waals surface area contributed by atoms with Crippen LogP contribution in [0.15, 0.2) is 59.8 Å². The average Bonchev–Trinajstić information content (AvgIpc) is 3.46. The molecule has 0 aromatic rings. The fourth-order valence-electron chi connectivity index (χ4n) is 5.98. The van der Waals surface area contributed by atoms with Gasteiger partial charge in [-0.15, -0.1) is 0 Å². The molecule has 0 aliphatic heterocycles. The highest BCUT2D eigenvalue weighted by molar-refractivity contribution is 5.85. The van der Waals surface area contributed by atoms with Crippen LogP contribution in [-0.4, -0.2) is 23.1 Å². The molecule has 4 aliphatic carbocycles. The van der Waals surface area contributed by atoms with Gasteiger partial charge in [-0.3, -0.25) is 9.59 Å². The molecule has 0 spiro atoms. The summed E-state index contributed by atoms with van der Waals surface area (Å²) in [5.74, 6) is -1.35. The van der Waals surface area contributed by atoms with Gasteiger partial charge in [-0.25, -0.2) is 0 Å². The van der Waals surface area contributed by atoms with E-state index in [-0.39, 0.29) is 23.8 Å². The molecule has 0 amide bonds. The third kappa shape index (κ3) is 4.54. The van der Waals surface area contributed by atoms with Crippen LogP contribution in [0.5, 0.6) is 0 Å². The van der Waals surface area contributed by atoms with E-state index in [2.05, 4.69) is 52.0 Å². The Bertz CT molecular complexity index is 861. The fourth-order valence-corrected chi connectivity index (χ4v) is 5.98. The molecule has 1 saturated carbocycles. The van der Waals surface area contributed by atoms with Gasteiger partial charge < -0.3 is 9.47 Å². The van der Waals surface area contributed by atoms with Crippen molar-refractivity contribution in [1.29, 1.82) is 0 Å². The molecule has 0 aromatic carbocycles. The predicted molar refractivity (Wildman–Crippen MR) is 130 cm³/mol. The molecule has 178 valence electrons. The normalized spacial score (nSPS) is 36.5. The van der Waals surface area contributed by atoms with Crippen molar-refractivity contribution >= 4 is 11.9 Å². The summed E-state index contributed by atoms with van der Waals surface area (Å²) in [5, 5.41) is 0. The number of hydrogen-bond acceptors (Lipinski definition) is 4. The first-order chi connectivity index (χ1) is 15.9. The first-order valence-corrected chi connectivity index (χ1v) is 12.8. The molecule has 6 unspecified atom stereocenters. The van der Waals surface area contributed by atoms with Gasteiger partial charge in [0.25, 0.3) is 0 Å². The number of esters is 2. The number of ether oxygens (including phenoxy) is 2. The second kappa shape index (κ2) is 9.48. The molecule has 0 N–H and O–H groups in total. The van der Waals surface area contributed by atoms with Crippen LogP contribution in [0, 0.1) is 23.7 Å².